The fraction of sp³-hybridized carbons (Fsp3) is 0.625. The van der Waals surface area contributed by atoms with Crippen LogP contribution in [0.3, 0.4) is 0 Å². The van der Waals surface area contributed by atoms with Gasteiger partial charge in [0.25, 0.3) is 0 Å². The highest BCUT2D eigenvalue weighted by Gasteiger charge is 2.56. The lowest BCUT2D eigenvalue weighted by molar-refractivity contribution is 0.380. The molecule has 3 atom stereocenters. The number of fused-ring (bicyclic) bond motifs is 1. The SMILES string of the molecule is CCNC(c1c(F)cc(OC)cc1F)C1C2CCCC21. The molecule has 20 heavy (non-hydrogen) atoms. The summed E-state index contributed by atoms with van der Waals surface area (Å²) in [7, 11) is 1.42. The topological polar surface area (TPSA) is 21.3 Å². The second kappa shape index (κ2) is 5.32. The van der Waals surface area contributed by atoms with E-state index in [1.54, 1.807) is 0 Å². The van der Waals surface area contributed by atoms with Gasteiger partial charge in [0.2, 0.25) is 0 Å². The van der Waals surface area contributed by atoms with E-state index in [2.05, 4.69) is 5.32 Å². The van der Waals surface area contributed by atoms with Crippen LogP contribution >= 0.6 is 0 Å². The number of nitrogens with one attached hydrogen (secondary N) is 1. The van der Waals surface area contributed by atoms with Crippen LogP contribution in [0.15, 0.2) is 12.1 Å². The van der Waals surface area contributed by atoms with Gasteiger partial charge in [-0.05, 0) is 37.1 Å². The lowest BCUT2D eigenvalue weighted by Crippen LogP contribution is -2.26. The molecule has 0 bridgehead atoms. The molecule has 0 aromatic heterocycles. The second-order valence-corrected chi connectivity index (χ2v) is 5.88. The van der Waals surface area contributed by atoms with Crippen molar-refractivity contribution in [2.24, 2.45) is 17.8 Å². The van der Waals surface area contributed by atoms with Crippen molar-refractivity contribution in [3.63, 3.8) is 0 Å². The fourth-order valence-corrected chi connectivity index (χ4v) is 4.00. The van der Waals surface area contributed by atoms with Crippen LogP contribution in [-0.4, -0.2) is 13.7 Å². The largest absolute Gasteiger partial charge is 0.497 e. The summed E-state index contributed by atoms with van der Waals surface area (Å²) in [5, 5.41) is 3.29. The molecule has 0 radical (unpaired) electrons. The van der Waals surface area contributed by atoms with Crippen LogP contribution in [0.4, 0.5) is 8.78 Å². The van der Waals surface area contributed by atoms with Gasteiger partial charge in [-0.25, -0.2) is 8.78 Å². The zero-order valence-electron chi connectivity index (χ0n) is 12.0. The standard InChI is InChI=1S/C16H21F2NO/c1-3-19-16(14-10-5-4-6-11(10)14)15-12(17)7-9(20-2)8-13(15)18/h7-8,10-11,14,16,19H,3-6H2,1-2H3. The molecule has 0 heterocycles. The van der Waals surface area contributed by atoms with Gasteiger partial charge in [-0.2, -0.15) is 0 Å². The number of hydrogen-bond acceptors (Lipinski definition) is 2. The smallest absolute Gasteiger partial charge is 0.134 e. The summed E-state index contributed by atoms with van der Waals surface area (Å²) in [5.74, 6) is 0.923. The highest BCUT2D eigenvalue weighted by Crippen LogP contribution is 2.62. The maximum Gasteiger partial charge on any atom is 0.134 e. The van der Waals surface area contributed by atoms with Crippen molar-refractivity contribution in [3.05, 3.63) is 29.3 Å². The van der Waals surface area contributed by atoms with Crippen molar-refractivity contribution < 1.29 is 13.5 Å². The molecule has 2 saturated carbocycles. The molecule has 0 saturated heterocycles. The molecule has 1 aromatic rings. The molecule has 2 aliphatic carbocycles. The average molecular weight is 281 g/mol. The summed E-state index contributed by atoms with van der Waals surface area (Å²) in [6.45, 7) is 2.69. The first-order valence-electron chi connectivity index (χ1n) is 7.43. The van der Waals surface area contributed by atoms with Crippen molar-refractivity contribution >= 4 is 0 Å². The minimum absolute atomic E-state index is 0.187. The molecule has 0 spiro atoms. The molecule has 0 amide bonds. The molecule has 0 aliphatic heterocycles. The zero-order chi connectivity index (χ0) is 14.3. The normalized spacial score (nSPS) is 29.1. The van der Waals surface area contributed by atoms with Gasteiger partial charge in [0.15, 0.2) is 0 Å². The first kappa shape index (κ1) is 13.8. The van der Waals surface area contributed by atoms with E-state index in [-0.39, 0.29) is 17.4 Å². The van der Waals surface area contributed by atoms with Crippen molar-refractivity contribution in [1.82, 2.24) is 5.32 Å². The summed E-state index contributed by atoms with van der Waals surface area (Å²) >= 11 is 0. The van der Waals surface area contributed by atoms with E-state index in [9.17, 15) is 8.78 Å². The Labute approximate surface area is 118 Å². The van der Waals surface area contributed by atoms with E-state index in [0.29, 0.717) is 24.3 Å². The highest BCUT2D eigenvalue weighted by atomic mass is 19.1. The molecule has 2 nitrogen and oxygen atoms in total. The molecule has 3 rings (SSSR count). The summed E-state index contributed by atoms with van der Waals surface area (Å²) in [4.78, 5) is 0. The van der Waals surface area contributed by atoms with Crippen molar-refractivity contribution in [3.8, 4) is 5.75 Å². The highest BCUT2D eigenvalue weighted by molar-refractivity contribution is 5.34. The molecule has 110 valence electrons. The summed E-state index contributed by atoms with van der Waals surface area (Å²) in [5.41, 5.74) is 0.187. The van der Waals surface area contributed by atoms with E-state index in [1.165, 1.54) is 38.5 Å². The van der Waals surface area contributed by atoms with Crippen LogP contribution < -0.4 is 10.1 Å². The van der Waals surface area contributed by atoms with Crippen LogP contribution in [0.2, 0.25) is 0 Å². The number of benzene rings is 1. The quantitative estimate of drug-likeness (QED) is 0.889. The average Bonchev–Trinajstić information content (AvgIpc) is 2.88. The van der Waals surface area contributed by atoms with Gasteiger partial charge in [0.05, 0.1) is 7.11 Å². The van der Waals surface area contributed by atoms with Gasteiger partial charge < -0.3 is 10.1 Å². The minimum atomic E-state index is -0.502. The van der Waals surface area contributed by atoms with Crippen LogP contribution in [-0.2, 0) is 0 Å². The molecule has 1 aromatic carbocycles. The lowest BCUT2D eigenvalue weighted by Gasteiger charge is -2.22. The predicted octanol–water partition coefficient (Wildman–Crippen LogP) is 3.67. The third-order valence-electron chi connectivity index (χ3n) is 4.88. The van der Waals surface area contributed by atoms with Crippen LogP contribution in [0.1, 0.15) is 37.8 Å². The molecule has 1 N–H and O–H groups in total. The molecular weight excluding hydrogens is 260 g/mol. The monoisotopic (exact) mass is 281 g/mol. The lowest BCUT2D eigenvalue weighted by atomic mass is 9.95. The van der Waals surface area contributed by atoms with Crippen molar-refractivity contribution in [2.75, 3.05) is 13.7 Å². The first-order valence-corrected chi connectivity index (χ1v) is 7.43. The molecular formula is C16H21F2NO. The Morgan fingerprint density at radius 2 is 1.85 bits per heavy atom. The third kappa shape index (κ3) is 2.20. The molecule has 2 aliphatic rings. The second-order valence-electron chi connectivity index (χ2n) is 5.88. The Hall–Kier alpha value is -1.16. The van der Waals surface area contributed by atoms with Crippen molar-refractivity contribution in [1.29, 1.82) is 0 Å². The molecule has 3 unspecified atom stereocenters. The zero-order valence-corrected chi connectivity index (χ0v) is 12.0. The van der Waals surface area contributed by atoms with E-state index in [4.69, 9.17) is 4.74 Å². The van der Waals surface area contributed by atoms with Crippen LogP contribution in [0, 0.1) is 29.4 Å². The summed E-state index contributed by atoms with van der Waals surface area (Å²) < 4.78 is 33.5. The van der Waals surface area contributed by atoms with Gasteiger partial charge in [0, 0.05) is 23.7 Å². The molecule has 2 fully saturated rings. The third-order valence-corrected chi connectivity index (χ3v) is 4.88. The van der Waals surface area contributed by atoms with Gasteiger partial charge in [-0.15, -0.1) is 0 Å². The summed E-state index contributed by atoms with van der Waals surface area (Å²) in [6, 6.07) is 2.35. The van der Waals surface area contributed by atoms with Gasteiger partial charge >= 0.3 is 0 Å². The Bertz CT molecular complexity index is 472. The van der Waals surface area contributed by atoms with Gasteiger partial charge in [0.1, 0.15) is 17.4 Å². The fourth-order valence-electron chi connectivity index (χ4n) is 4.00. The Kier molecular flexibility index (Phi) is 3.67. The Balaban J connectivity index is 1.91. The van der Waals surface area contributed by atoms with Gasteiger partial charge in [-0.3, -0.25) is 0 Å². The van der Waals surface area contributed by atoms with Gasteiger partial charge in [-0.1, -0.05) is 13.3 Å². The van der Waals surface area contributed by atoms with E-state index < -0.39 is 11.6 Å². The number of methoxy groups -OCH3 is 1. The Morgan fingerprint density at radius 3 is 2.35 bits per heavy atom. The van der Waals surface area contributed by atoms with Crippen molar-refractivity contribution in [2.45, 2.75) is 32.2 Å². The Morgan fingerprint density at radius 1 is 1.25 bits per heavy atom. The van der Waals surface area contributed by atoms with E-state index in [0.717, 1.165) is 0 Å². The number of hydrogen-bond donors (Lipinski definition) is 1. The number of rotatable bonds is 5. The van der Waals surface area contributed by atoms with E-state index >= 15 is 0 Å². The maximum atomic E-state index is 14.3. The summed E-state index contributed by atoms with van der Waals surface area (Å²) in [6.07, 6.45) is 3.67. The van der Waals surface area contributed by atoms with E-state index in [1.807, 2.05) is 6.92 Å². The molecule has 4 heteroatoms. The predicted molar refractivity (Wildman–Crippen MR) is 73.6 cm³/mol. The number of ether oxygens (including phenoxy) is 1. The maximum absolute atomic E-state index is 14.3. The minimum Gasteiger partial charge on any atom is -0.497 e. The van der Waals surface area contributed by atoms with Crippen LogP contribution in [0.25, 0.3) is 0 Å². The number of halogens is 2. The van der Waals surface area contributed by atoms with Crippen LogP contribution in [0.5, 0.6) is 5.75 Å². The first-order chi connectivity index (χ1) is 9.67.